The molecule has 1 aliphatic carbocycles. The molecule has 2 fully saturated rings. The second-order valence-corrected chi connectivity index (χ2v) is 9.50. The zero-order chi connectivity index (χ0) is 24.5. The van der Waals surface area contributed by atoms with E-state index in [1.165, 1.54) is 12.1 Å². The van der Waals surface area contributed by atoms with E-state index >= 15 is 4.39 Å². The largest absolute Gasteiger partial charge is 0.435 e. The average Bonchev–Trinajstić information content (AvgIpc) is 3.52. The summed E-state index contributed by atoms with van der Waals surface area (Å²) in [6, 6.07) is 9.80. The molecule has 6 nitrogen and oxygen atoms in total. The summed E-state index contributed by atoms with van der Waals surface area (Å²) >= 11 is 0. The number of halogens is 4. The van der Waals surface area contributed by atoms with Crippen LogP contribution < -0.4 is 10.2 Å². The number of alkyl halides is 3. The van der Waals surface area contributed by atoms with Crippen molar-refractivity contribution >= 4 is 37.2 Å². The molecular formula is C24H18F4N5OP. The van der Waals surface area contributed by atoms with Crippen LogP contribution in [0.15, 0.2) is 48.8 Å². The summed E-state index contributed by atoms with van der Waals surface area (Å²) in [4.78, 5) is 22.1. The maximum absolute atomic E-state index is 15.6. The van der Waals surface area contributed by atoms with Gasteiger partial charge in [0.25, 0.3) is 0 Å². The van der Waals surface area contributed by atoms with Crippen molar-refractivity contribution in [2.24, 2.45) is 11.8 Å². The summed E-state index contributed by atoms with van der Waals surface area (Å²) in [5, 5.41) is 7.38. The van der Waals surface area contributed by atoms with Crippen molar-refractivity contribution in [2.75, 3.05) is 4.90 Å². The highest BCUT2D eigenvalue weighted by Crippen LogP contribution is 2.54. The molecule has 178 valence electrons. The van der Waals surface area contributed by atoms with E-state index in [4.69, 9.17) is 0 Å². The zero-order valence-corrected chi connectivity index (χ0v) is 19.2. The number of benzene rings is 2. The number of nitrogens with one attached hydrogen (secondary N) is 1. The molecule has 0 radical (unpaired) electrons. The first-order valence-electron chi connectivity index (χ1n) is 11.0. The lowest BCUT2D eigenvalue weighted by atomic mass is 9.78. The van der Waals surface area contributed by atoms with Crippen molar-refractivity contribution in [3.8, 4) is 11.3 Å². The number of carbonyl (C=O) groups is 1. The Bertz CT molecular complexity index is 1440. The van der Waals surface area contributed by atoms with Gasteiger partial charge in [-0.1, -0.05) is 0 Å². The van der Waals surface area contributed by atoms with Crippen LogP contribution in [0, 0.1) is 17.7 Å². The van der Waals surface area contributed by atoms with E-state index in [-0.39, 0.29) is 23.4 Å². The third-order valence-electron chi connectivity index (χ3n) is 6.66. The first kappa shape index (κ1) is 22.1. The number of fused-ring (bicyclic) bond motifs is 1. The van der Waals surface area contributed by atoms with Crippen molar-refractivity contribution in [3.05, 3.63) is 65.9 Å². The van der Waals surface area contributed by atoms with Gasteiger partial charge in [0.1, 0.15) is 5.82 Å². The normalized spacial score (nSPS) is 20.4. The highest BCUT2D eigenvalue weighted by atomic mass is 31.0. The summed E-state index contributed by atoms with van der Waals surface area (Å²) in [5.74, 6) is -0.713. The summed E-state index contributed by atoms with van der Waals surface area (Å²) in [6.07, 6.45) is -1.19. The maximum Gasteiger partial charge on any atom is 0.435 e. The lowest BCUT2D eigenvalue weighted by Crippen LogP contribution is -2.57. The van der Waals surface area contributed by atoms with Gasteiger partial charge in [0.2, 0.25) is 5.91 Å². The molecular weight excluding hydrogens is 481 g/mol. The molecule has 1 saturated heterocycles. The minimum Gasteiger partial charge on any atom is -0.345 e. The van der Waals surface area contributed by atoms with Gasteiger partial charge in [0.05, 0.1) is 35.0 Å². The Morgan fingerprint density at radius 1 is 1.06 bits per heavy atom. The molecule has 4 aromatic rings. The van der Waals surface area contributed by atoms with Crippen LogP contribution in [0.1, 0.15) is 30.1 Å². The van der Waals surface area contributed by atoms with Crippen LogP contribution in [0.25, 0.3) is 22.3 Å². The van der Waals surface area contributed by atoms with Gasteiger partial charge < -0.3 is 9.88 Å². The number of rotatable bonds is 4. The fraction of sp³-hybridized carbons (Fsp3) is 0.250. The average molecular weight is 499 g/mol. The van der Waals surface area contributed by atoms with Crippen LogP contribution in [0.4, 0.5) is 23.2 Å². The molecule has 1 aliphatic heterocycles. The second kappa shape index (κ2) is 7.81. The molecule has 3 heterocycles. The first-order chi connectivity index (χ1) is 16.7. The molecule has 1 amide bonds. The summed E-state index contributed by atoms with van der Waals surface area (Å²) in [5.41, 5.74) is 1.85. The number of anilines is 1. The van der Waals surface area contributed by atoms with Gasteiger partial charge in [-0.15, -0.1) is 19.4 Å². The van der Waals surface area contributed by atoms with Gasteiger partial charge in [0, 0.05) is 16.8 Å². The Morgan fingerprint density at radius 2 is 1.86 bits per heavy atom. The minimum atomic E-state index is -4.61. The van der Waals surface area contributed by atoms with Crippen LogP contribution >= 0.6 is 9.24 Å². The van der Waals surface area contributed by atoms with Crippen LogP contribution in [-0.4, -0.2) is 26.1 Å². The molecule has 2 aromatic carbocycles. The summed E-state index contributed by atoms with van der Waals surface area (Å²) in [6.45, 7) is 0. The summed E-state index contributed by atoms with van der Waals surface area (Å²) in [7, 11) is 2.50. The number of hydrogen-bond acceptors (Lipinski definition) is 4. The smallest absolute Gasteiger partial charge is 0.345 e. The first-order valence-corrected chi connectivity index (χ1v) is 11.6. The van der Waals surface area contributed by atoms with Crippen molar-refractivity contribution in [1.82, 2.24) is 20.2 Å². The second-order valence-electron chi connectivity index (χ2n) is 8.88. The molecule has 0 spiro atoms. The standard InChI is InChI=1S/C24H18F4N5OP/c25-14-7-12(15-5-6-19(32-31-15)24(26,27)28)8-18(35)21(14)22-20(11-1-2-11)23(34)33(22)13-3-4-16-17(9-13)30-10-29-16/h3-11,20,22H,1-2,35H2,(H,29,30)/t20?,22-/m0/s1. The highest BCUT2D eigenvalue weighted by Gasteiger charge is 2.56. The van der Waals surface area contributed by atoms with Crippen LogP contribution in [0.3, 0.4) is 0 Å². The molecule has 2 aliphatic rings. The number of β-lactam (4-membered cyclic amide) rings is 1. The Balaban J connectivity index is 1.39. The van der Waals surface area contributed by atoms with E-state index < -0.39 is 23.7 Å². The van der Waals surface area contributed by atoms with Crippen molar-refractivity contribution < 1.29 is 22.4 Å². The fourth-order valence-corrected chi connectivity index (χ4v) is 5.32. The van der Waals surface area contributed by atoms with Crippen molar-refractivity contribution in [2.45, 2.75) is 25.1 Å². The van der Waals surface area contributed by atoms with Gasteiger partial charge in [0.15, 0.2) is 5.69 Å². The lowest BCUT2D eigenvalue weighted by molar-refractivity contribution is -0.141. The molecule has 3 atom stereocenters. The number of carbonyl (C=O) groups excluding carboxylic acids is 1. The van der Waals surface area contributed by atoms with Gasteiger partial charge in [-0.25, -0.2) is 9.37 Å². The molecule has 6 rings (SSSR count). The molecule has 1 saturated carbocycles. The van der Waals surface area contributed by atoms with Gasteiger partial charge in [-0.2, -0.15) is 13.2 Å². The Hall–Kier alpha value is -3.39. The molecule has 1 N–H and O–H groups in total. The molecule has 0 bridgehead atoms. The van der Waals surface area contributed by atoms with E-state index in [0.29, 0.717) is 27.6 Å². The van der Waals surface area contributed by atoms with E-state index in [2.05, 4.69) is 29.4 Å². The van der Waals surface area contributed by atoms with Gasteiger partial charge >= 0.3 is 6.18 Å². The molecule has 35 heavy (non-hydrogen) atoms. The number of amides is 1. The SMILES string of the molecule is O=C1C(C2CC2)[C@@H](c2c(F)cc(-c3ccc(C(F)(F)F)nn3)cc2P)N1c1ccc2[nH]cnc2c1. The minimum absolute atomic E-state index is 0.0473. The highest BCUT2D eigenvalue weighted by molar-refractivity contribution is 7.27. The Labute approximate surface area is 199 Å². The van der Waals surface area contributed by atoms with Crippen LogP contribution in [0.5, 0.6) is 0 Å². The number of aromatic nitrogens is 4. The quantitative estimate of drug-likeness (QED) is 0.249. The van der Waals surface area contributed by atoms with Crippen LogP contribution in [-0.2, 0) is 11.0 Å². The van der Waals surface area contributed by atoms with E-state index in [0.717, 1.165) is 24.4 Å². The van der Waals surface area contributed by atoms with E-state index in [1.54, 1.807) is 29.4 Å². The zero-order valence-electron chi connectivity index (χ0n) is 18.1. The predicted molar refractivity (Wildman–Crippen MR) is 124 cm³/mol. The number of imidazole rings is 1. The van der Waals surface area contributed by atoms with Gasteiger partial charge in [-0.05, 0) is 66.5 Å². The van der Waals surface area contributed by atoms with E-state index in [1.807, 2.05) is 6.07 Å². The molecule has 2 unspecified atom stereocenters. The van der Waals surface area contributed by atoms with E-state index in [9.17, 15) is 18.0 Å². The molecule has 2 aromatic heterocycles. The monoisotopic (exact) mass is 499 g/mol. The van der Waals surface area contributed by atoms with Crippen molar-refractivity contribution in [3.63, 3.8) is 0 Å². The molecule has 11 heteroatoms. The number of nitrogens with zero attached hydrogens (tertiary/aromatic N) is 4. The topological polar surface area (TPSA) is 74.8 Å². The Morgan fingerprint density at radius 3 is 2.51 bits per heavy atom. The number of aromatic amines is 1. The van der Waals surface area contributed by atoms with Crippen molar-refractivity contribution in [1.29, 1.82) is 0 Å². The van der Waals surface area contributed by atoms with Crippen LogP contribution in [0.2, 0.25) is 0 Å². The number of hydrogen-bond donors (Lipinski definition) is 1. The fourth-order valence-electron chi connectivity index (χ4n) is 4.83. The Kier molecular flexibility index (Phi) is 4.93. The third-order valence-corrected chi connectivity index (χ3v) is 7.14. The van der Waals surface area contributed by atoms with Gasteiger partial charge in [-0.3, -0.25) is 4.79 Å². The predicted octanol–water partition coefficient (Wildman–Crippen LogP) is 4.79. The number of H-pyrrole nitrogens is 1. The maximum atomic E-state index is 15.6. The third kappa shape index (κ3) is 3.67. The summed E-state index contributed by atoms with van der Waals surface area (Å²) < 4.78 is 54.1. The lowest BCUT2D eigenvalue weighted by Gasteiger charge is -2.48.